The van der Waals surface area contributed by atoms with Crippen LogP contribution in [0.25, 0.3) is 0 Å². The molecule has 162 valence electrons. The van der Waals surface area contributed by atoms with Gasteiger partial charge in [-0.2, -0.15) is 0 Å². The Morgan fingerprint density at radius 3 is 2.77 bits per heavy atom. The van der Waals surface area contributed by atoms with Crippen molar-refractivity contribution in [2.75, 3.05) is 46.0 Å². The molecular weight excluding hydrogens is 380 g/mol. The maximum Gasteiger partial charge on any atom is 0.289 e. The molecule has 0 bridgehead atoms. The van der Waals surface area contributed by atoms with Crippen molar-refractivity contribution in [2.24, 2.45) is 5.92 Å². The lowest BCUT2D eigenvalue weighted by Crippen LogP contribution is -2.41. The van der Waals surface area contributed by atoms with E-state index in [0.717, 1.165) is 74.9 Å². The highest BCUT2D eigenvalue weighted by Gasteiger charge is 2.28. The van der Waals surface area contributed by atoms with Crippen LogP contribution in [0.4, 0.5) is 0 Å². The normalized spacial score (nSPS) is 20.3. The van der Waals surface area contributed by atoms with Gasteiger partial charge in [0.05, 0.1) is 19.8 Å². The maximum absolute atomic E-state index is 13.1. The molecule has 0 aliphatic carbocycles. The van der Waals surface area contributed by atoms with Gasteiger partial charge in [-0.05, 0) is 44.4 Å². The molecule has 3 heterocycles. The quantitative estimate of drug-likeness (QED) is 0.725. The number of benzene rings is 1. The Labute approximate surface area is 178 Å². The summed E-state index contributed by atoms with van der Waals surface area (Å²) in [6.07, 6.45) is 2.07. The van der Waals surface area contributed by atoms with Crippen molar-refractivity contribution in [1.82, 2.24) is 9.80 Å². The van der Waals surface area contributed by atoms with Crippen molar-refractivity contribution >= 4 is 5.91 Å². The molecule has 1 atom stereocenters. The van der Waals surface area contributed by atoms with E-state index in [9.17, 15) is 4.79 Å². The molecule has 30 heavy (non-hydrogen) atoms. The minimum absolute atomic E-state index is 0.00748. The van der Waals surface area contributed by atoms with Crippen molar-refractivity contribution in [1.29, 1.82) is 0 Å². The molecule has 0 spiro atoms. The molecule has 2 aromatic rings. The van der Waals surface area contributed by atoms with E-state index in [0.29, 0.717) is 24.8 Å². The Balaban J connectivity index is 1.34. The van der Waals surface area contributed by atoms with Crippen LogP contribution in [0.15, 0.2) is 34.7 Å². The minimum atomic E-state index is -0.00748. The standard InChI is InChI=1S/C24H32N2O4/c1-18-6-3-4-8-22(18)29-17-20-7-5-9-26(15-20)24(27)23-14-21(19(2)30-23)16-25-10-12-28-13-11-25/h3-4,6,8,14,20H,5,7,9-13,15-17H2,1-2H3. The van der Waals surface area contributed by atoms with Gasteiger partial charge in [0, 0.05) is 44.2 Å². The van der Waals surface area contributed by atoms with Crippen LogP contribution in [0.2, 0.25) is 0 Å². The van der Waals surface area contributed by atoms with Gasteiger partial charge in [-0.1, -0.05) is 18.2 Å². The molecule has 1 unspecified atom stereocenters. The summed E-state index contributed by atoms with van der Waals surface area (Å²) in [6, 6.07) is 10.00. The molecule has 6 nitrogen and oxygen atoms in total. The molecule has 2 aliphatic rings. The Bertz CT molecular complexity index is 857. The summed E-state index contributed by atoms with van der Waals surface area (Å²) < 4.78 is 17.3. The first-order chi connectivity index (χ1) is 14.6. The highest BCUT2D eigenvalue weighted by molar-refractivity contribution is 5.91. The van der Waals surface area contributed by atoms with E-state index < -0.39 is 0 Å². The zero-order chi connectivity index (χ0) is 20.9. The topological polar surface area (TPSA) is 55.2 Å². The zero-order valence-corrected chi connectivity index (χ0v) is 18.1. The first-order valence-electron chi connectivity index (χ1n) is 11.0. The van der Waals surface area contributed by atoms with Gasteiger partial charge >= 0.3 is 0 Å². The Morgan fingerprint density at radius 2 is 1.97 bits per heavy atom. The van der Waals surface area contributed by atoms with Crippen molar-refractivity contribution in [3.8, 4) is 5.75 Å². The van der Waals surface area contributed by atoms with Gasteiger partial charge in [0.15, 0.2) is 5.76 Å². The predicted molar refractivity (Wildman–Crippen MR) is 115 cm³/mol. The number of rotatable bonds is 6. The van der Waals surface area contributed by atoms with Crippen LogP contribution in [-0.2, 0) is 11.3 Å². The molecule has 6 heteroatoms. The number of morpholine rings is 1. The second kappa shape index (κ2) is 9.67. The molecule has 2 fully saturated rings. The van der Waals surface area contributed by atoms with Crippen molar-refractivity contribution in [2.45, 2.75) is 33.2 Å². The van der Waals surface area contributed by atoms with E-state index in [4.69, 9.17) is 13.9 Å². The average Bonchev–Trinajstić information content (AvgIpc) is 3.14. The number of amides is 1. The Morgan fingerprint density at radius 1 is 1.17 bits per heavy atom. The van der Waals surface area contributed by atoms with Crippen LogP contribution in [0.1, 0.15) is 40.3 Å². The molecule has 1 amide bonds. The first-order valence-corrected chi connectivity index (χ1v) is 11.0. The number of likely N-dealkylation sites (tertiary alicyclic amines) is 1. The van der Waals surface area contributed by atoms with Gasteiger partial charge in [-0.3, -0.25) is 9.69 Å². The zero-order valence-electron chi connectivity index (χ0n) is 18.1. The monoisotopic (exact) mass is 412 g/mol. The van der Waals surface area contributed by atoms with E-state index in [1.165, 1.54) is 0 Å². The highest BCUT2D eigenvalue weighted by atomic mass is 16.5. The minimum Gasteiger partial charge on any atom is -0.493 e. The fraction of sp³-hybridized carbons (Fsp3) is 0.542. The molecule has 1 aromatic heterocycles. The molecule has 2 aliphatic heterocycles. The molecule has 0 radical (unpaired) electrons. The second-order valence-electron chi connectivity index (χ2n) is 8.42. The van der Waals surface area contributed by atoms with E-state index >= 15 is 0 Å². The summed E-state index contributed by atoms with van der Waals surface area (Å²) in [6.45, 7) is 10.3. The predicted octanol–water partition coefficient (Wildman–Crippen LogP) is 3.66. The number of hydrogen-bond donors (Lipinski definition) is 0. The van der Waals surface area contributed by atoms with Gasteiger partial charge in [-0.15, -0.1) is 0 Å². The number of furan rings is 1. The van der Waals surface area contributed by atoms with Gasteiger partial charge in [0.2, 0.25) is 0 Å². The summed E-state index contributed by atoms with van der Waals surface area (Å²) in [7, 11) is 0. The lowest BCUT2D eigenvalue weighted by Gasteiger charge is -2.32. The highest BCUT2D eigenvalue weighted by Crippen LogP contribution is 2.24. The first kappa shape index (κ1) is 20.9. The van der Waals surface area contributed by atoms with Crippen molar-refractivity contribution < 1.29 is 18.7 Å². The molecule has 1 aromatic carbocycles. The second-order valence-corrected chi connectivity index (χ2v) is 8.42. The fourth-order valence-electron chi connectivity index (χ4n) is 4.25. The van der Waals surface area contributed by atoms with Crippen molar-refractivity contribution in [3.63, 3.8) is 0 Å². The van der Waals surface area contributed by atoms with Crippen LogP contribution in [0, 0.1) is 19.8 Å². The lowest BCUT2D eigenvalue weighted by molar-refractivity contribution is 0.0340. The Hall–Kier alpha value is -2.31. The SMILES string of the molecule is Cc1ccccc1OCC1CCCN(C(=O)c2cc(CN3CCOCC3)c(C)o2)C1. The van der Waals surface area contributed by atoms with Gasteiger partial charge in [0.25, 0.3) is 5.91 Å². The van der Waals surface area contributed by atoms with Crippen LogP contribution in [0.3, 0.4) is 0 Å². The Kier molecular flexibility index (Phi) is 6.75. The number of nitrogens with zero attached hydrogens (tertiary/aromatic N) is 2. The van der Waals surface area contributed by atoms with E-state index in [-0.39, 0.29) is 5.91 Å². The number of aryl methyl sites for hydroxylation is 2. The van der Waals surface area contributed by atoms with Crippen LogP contribution >= 0.6 is 0 Å². The third-order valence-corrected chi connectivity index (χ3v) is 6.10. The van der Waals surface area contributed by atoms with E-state index in [2.05, 4.69) is 17.9 Å². The summed E-state index contributed by atoms with van der Waals surface area (Å²) in [4.78, 5) is 17.4. The van der Waals surface area contributed by atoms with Crippen LogP contribution in [-0.4, -0.2) is 61.7 Å². The smallest absolute Gasteiger partial charge is 0.289 e. The van der Waals surface area contributed by atoms with E-state index in [1.807, 2.05) is 36.1 Å². The summed E-state index contributed by atoms with van der Waals surface area (Å²) in [5.74, 6) is 2.55. The third kappa shape index (κ3) is 5.05. The molecule has 4 rings (SSSR count). The fourth-order valence-corrected chi connectivity index (χ4v) is 4.25. The lowest BCUT2D eigenvalue weighted by atomic mass is 9.98. The molecule has 0 saturated carbocycles. The summed E-state index contributed by atoms with van der Waals surface area (Å²) in [5, 5.41) is 0. The molecule has 0 N–H and O–H groups in total. The summed E-state index contributed by atoms with van der Waals surface area (Å²) >= 11 is 0. The number of carbonyl (C=O) groups excluding carboxylic acids is 1. The number of para-hydroxylation sites is 1. The number of hydrogen-bond acceptors (Lipinski definition) is 5. The molecule has 2 saturated heterocycles. The van der Waals surface area contributed by atoms with E-state index in [1.54, 1.807) is 0 Å². The number of piperidine rings is 1. The van der Waals surface area contributed by atoms with Crippen LogP contribution in [0.5, 0.6) is 5.75 Å². The summed E-state index contributed by atoms with van der Waals surface area (Å²) in [5.41, 5.74) is 2.23. The largest absolute Gasteiger partial charge is 0.493 e. The van der Waals surface area contributed by atoms with Gasteiger partial charge in [-0.25, -0.2) is 0 Å². The number of ether oxygens (including phenoxy) is 2. The third-order valence-electron chi connectivity index (χ3n) is 6.10. The van der Waals surface area contributed by atoms with Crippen molar-refractivity contribution in [3.05, 3.63) is 53.0 Å². The number of carbonyl (C=O) groups is 1. The van der Waals surface area contributed by atoms with Gasteiger partial charge < -0.3 is 18.8 Å². The van der Waals surface area contributed by atoms with Crippen LogP contribution < -0.4 is 4.74 Å². The van der Waals surface area contributed by atoms with Gasteiger partial charge in [0.1, 0.15) is 11.5 Å². The average molecular weight is 413 g/mol. The maximum atomic E-state index is 13.1. The molecular formula is C24H32N2O4.